The van der Waals surface area contributed by atoms with Gasteiger partial charge in [-0.3, -0.25) is 9.89 Å². The molecule has 2 aromatic rings. The molecule has 2 rings (SSSR count). The van der Waals surface area contributed by atoms with E-state index in [2.05, 4.69) is 15.2 Å². The fourth-order valence-electron chi connectivity index (χ4n) is 1.63. The number of aromatic amines is 1. The molecule has 1 heterocycles. The van der Waals surface area contributed by atoms with Gasteiger partial charge in [-0.25, -0.2) is 4.98 Å². The number of nitrogens with two attached hydrogens (primary N) is 1. The van der Waals surface area contributed by atoms with E-state index in [-0.39, 0.29) is 12.2 Å². The zero-order valence-electron chi connectivity index (χ0n) is 9.71. The van der Waals surface area contributed by atoms with Gasteiger partial charge in [-0.1, -0.05) is 30.3 Å². The molecule has 0 radical (unpaired) electrons. The molecular weight excluding hydrogens is 232 g/mol. The monoisotopic (exact) mass is 246 g/mol. The molecule has 6 heteroatoms. The fraction of sp³-hybridized carbons (Fsp3) is 0.250. The van der Waals surface area contributed by atoms with E-state index in [4.69, 9.17) is 5.73 Å². The number of carbonyl (C=O) groups is 1. The highest BCUT2D eigenvalue weighted by Gasteiger charge is 2.14. The number of benzene rings is 1. The summed E-state index contributed by atoms with van der Waals surface area (Å²) in [6, 6.07) is 9.55. The number of primary amides is 1. The SMILES string of the molecule is NC(=O)Cc1nc([C@@H](O)Cc2ccccc2)n[nH]1. The van der Waals surface area contributed by atoms with Crippen molar-refractivity contribution in [2.75, 3.05) is 0 Å². The Kier molecular flexibility index (Phi) is 3.69. The van der Waals surface area contributed by atoms with Crippen LogP contribution in [0.5, 0.6) is 0 Å². The summed E-state index contributed by atoms with van der Waals surface area (Å²) in [4.78, 5) is 14.7. The van der Waals surface area contributed by atoms with Crippen LogP contribution in [0, 0.1) is 0 Å². The van der Waals surface area contributed by atoms with E-state index in [1.807, 2.05) is 30.3 Å². The maximum Gasteiger partial charge on any atom is 0.225 e. The van der Waals surface area contributed by atoms with Crippen LogP contribution in [-0.2, 0) is 17.6 Å². The summed E-state index contributed by atoms with van der Waals surface area (Å²) in [6.07, 6.45) is -0.384. The lowest BCUT2D eigenvalue weighted by Crippen LogP contribution is -2.14. The molecule has 0 saturated heterocycles. The van der Waals surface area contributed by atoms with E-state index < -0.39 is 12.0 Å². The third-order valence-corrected chi connectivity index (χ3v) is 2.46. The molecule has 6 nitrogen and oxygen atoms in total. The number of amides is 1. The van der Waals surface area contributed by atoms with Crippen molar-refractivity contribution < 1.29 is 9.90 Å². The third-order valence-electron chi connectivity index (χ3n) is 2.46. The van der Waals surface area contributed by atoms with Gasteiger partial charge in [0.25, 0.3) is 0 Å². The lowest BCUT2D eigenvalue weighted by atomic mass is 10.1. The Morgan fingerprint density at radius 3 is 2.78 bits per heavy atom. The molecular formula is C12H14N4O2. The van der Waals surface area contributed by atoms with Gasteiger partial charge in [-0.15, -0.1) is 0 Å². The van der Waals surface area contributed by atoms with E-state index in [1.54, 1.807) is 0 Å². The second-order valence-electron chi connectivity index (χ2n) is 3.99. The molecule has 18 heavy (non-hydrogen) atoms. The van der Waals surface area contributed by atoms with Crippen molar-refractivity contribution in [3.8, 4) is 0 Å². The molecule has 0 bridgehead atoms. The molecule has 1 amide bonds. The van der Waals surface area contributed by atoms with Crippen LogP contribution in [0.3, 0.4) is 0 Å². The maximum atomic E-state index is 10.7. The van der Waals surface area contributed by atoms with Gasteiger partial charge < -0.3 is 10.8 Å². The van der Waals surface area contributed by atoms with Gasteiger partial charge in [0.15, 0.2) is 5.82 Å². The van der Waals surface area contributed by atoms with Gasteiger partial charge in [0.1, 0.15) is 11.9 Å². The quantitative estimate of drug-likeness (QED) is 0.696. The van der Waals surface area contributed by atoms with Crippen LogP contribution in [0.4, 0.5) is 0 Å². The molecule has 0 saturated carbocycles. The highest BCUT2D eigenvalue weighted by atomic mass is 16.3. The minimum absolute atomic E-state index is 0.00887. The van der Waals surface area contributed by atoms with Crippen molar-refractivity contribution in [2.45, 2.75) is 18.9 Å². The van der Waals surface area contributed by atoms with Gasteiger partial charge >= 0.3 is 0 Å². The number of carbonyl (C=O) groups excluding carboxylic acids is 1. The average molecular weight is 246 g/mol. The Hall–Kier alpha value is -2.21. The number of aliphatic hydroxyl groups excluding tert-OH is 1. The van der Waals surface area contributed by atoms with Crippen molar-refractivity contribution in [2.24, 2.45) is 5.73 Å². The van der Waals surface area contributed by atoms with Crippen LogP contribution < -0.4 is 5.73 Å². The number of aliphatic hydroxyl groups is 1. The molecule has 0 aliphatic heterocycles. The average Bonchev–Trinajstić information content (AvgIpc) is 2.78. The summed E-state index contributed by atoms with van der Waals surface area (Å²) in [5.41, 5.74) is 6.04. The van der Waals surface area contributed by atoms with Crippen LogP contribution in [-0.4, -0.2) is 26.2 Å². The first-order valence-corrected chi connectivity index (χ1v) is 5.56. The molecule has 94 valence electrons. The maximum absolute atomic E-state index is 10.7. The largest absolute Gasteiger partial charge is 0.385 e. The normalized spacial score (nSPS) is 12.3. The summed E-state index contributed by atoms with van der Waals surface area (Å²) in [6.45, 7) is 0. The van der Waals surface area contributed by atoms with Crippen LogP contribution >= 0.6 is 0 Å². The summed E-state index contributed by atoms with van der Waals surface area (Å²) in [5, 5.41) is 16.4. The molecule has 0 aliphatic carbocycles. The van der Waals surface area contributed by atoms with Crippen LogP contribution in [0.2, 0.25) is 0 Å². The Balaban J connectivity index is 2.03. The standard InChI is InChI=1S/C12H14N4O2/c13-10(18)7-11-14-12(16-15-11)9(17)6-8-4-2-1-3-5-8/h1-5,9,17H,6-7H2,(H2,13,18)(H,14,15,16)/t9-/m0/s1. The number of nitrogens with zero attached hydrogens (tertiary/aromatic N) is 2. The van der Waals surface area contributed by atoms with E-state index in [0.29, 0.717) is 12.2 Å². The second-order valence-corrected chi connectivity index (χ2v) is 3.99. The third kappa shape index (κ3) is 3.14. The van der Waals surface area contributed by atoms with Gasteiger partial charge in [0.2, 0.25) is 5.91 Å². The lowest BCUT2D eigenvalue weighted by Gasteiger charge is -2.05. The van der Waals surface area contributed by atoms with Gasteiger partial charge in [-0.2, -0.15) is 5.10 Å². The molecule has 1 atom stereocenters. The van der Waals surface area contributed by atoms with Crippen molar-refractivity contribution in [3.05, 3.63) is 47.5 Å². The minimum atomic E-state index is -0.801. The van der Waals surface area contributed by atoms with E-state index in [9.17, 15) is 9.90 Å². The number of rotatable bonds is 5. The van der Waals surface area contributed by atoms with Crippen molar-refractivity contribution in [1.29, 1.82) is 0 Å². The number of aromatic nitrogens is 3. The summed E-state index contributed by atoms with van der Waals surface area (Å²) in [7, 11) is 0. The number of hydrogen-bond donors (Lipinski definition) is 3. The highest BCUT2D eigenvalue weighted by Crippen LogP contribution is 2.14. The Labute approximate surface area is 104 Å². The zero-order valence-corrected chi connectivity index (χ0v) is 9.71. The molecule has 0 fully saturated rings. The molecule has 0 aliphatic rings. The predicted molar refractivity (Wildman–Crippen MR) is 64.4 cm³/mol. The molecule has 4 N–H and O–H groups in total. The molecule has 1 aromatic carbocycles. The summed E-state index contributed by atoms with van der Waals surface area (Å²) in [5.74, 6) is 0.148. The topological polar surface area (TPSA) is 105 Å². The Bertz CT molecular complexity index is 524. The van der Waals surface area contributed by atoms with Crippen LogP contribution in [0.25, 0.3) is 0 Å². The van der Waals surface area contributed by atoms with Gasteiger partial charge in [-0.05, 0) is 5.56 Å². The number of hydrogen-bond acceptors (Lipinski definition) is 4. The number of H-pyrrole nitrogens is 1. The fourth-order valence-corrected chi connectivity index (χ4v) is 1.63. The predicted octanol–water partition coefficient (Wildman–Crippen LogP) is 0.109. The smallest absolute Gasteiger partial charge is 0.225 e. The van der Waals surface area contributed by atoms with E-state index in [1.165, 1.54) is 0 Å². The number of nitrogens with one attached hydrogen (secondary N) is 1. The van der Waals surface area contributed by atoms with Crippen LogP contribution in [0.1, 0.15) is 23.3 Å². The molecule has 1 aromatic heterocycles. The molecule has 0 unspecified atom stereocenters. The van der Waals surface area contributed by atoms with Crippen LogP contribution in [0.15, 0.2) is 30.3 Å². The second kappa shape index (κ2) is 5.42. The first kappa shape index (κ1) is 12.3. The highest BCUT2D eigenvalue weighted by molar-refractivity contribution is 5.75. The van der Waals surface area contributed by atoms with Gasteiger partial charge in [0, 0.05) is 6.42 Å². The lowest BCUT2D eigenvalue weighted by molar-refractivity contribution is -0.117. The minimum Gasteiger partial charge on any atom is -0.385 e. The van der Waals surface area contributed by atoms with Crippen molar-refractivity contribution in [3.63, 3.8) is 0 Å². The van der Waals surface area contributed by atoms with Crippen molar-refractivity contribution >= 4 is 5.91 Å². The Morgan fingerprint density at radius 1 is 1.39 bits per heavy atom. The summed E-state index contributed by atoms with van der Waals surface area (Å²) < 4.78 is 0. The zero-order chi connectivity index (χ0) is 13.0. The van der Waals surface area contributed by atoms with Gasteiger partial charge in [0.05, 0.1) is 6.42 Å². The van der Waals surface area contributed by atoms with E-state index in [0.717, 1.165) is 5.56 Å². The Morgan fingerprint density at radius 2 is 2.11 bits per heavy atom. The first-order chi connectivity index (χ1) is 8.65. The summed E-state index contributed by atoms with van der Waals surface area (Å²) >= 11 is 0. The molecule has 0 spiro atoms. The first-order valence-electron chi connectivity index (χ1n) is 5.56. The van der Waals surface area contributed by atoms with Crippen molar-refractivity contribution in [1.82, 2.24) is 15.2 Å². The van der Waals surface area contributed by atoms with E-state index >= 15 is 0 Å².